The van der Waals surface area contributed by atoms with Gasteiger partial charge in [-0.05, 0) is 50.5 Å². The van der Waals surface area contributed by atoms with Crippen LogP contribution in [0.2, 0.25) is 0 Å². The second-order valence-corrected chi connectivity index (χ2v) is 6.95. The molecule has 0 heterocycles. The maximum atomic E-state index is 6.39. The minimum atomic E-state index is 0.266. The van der Waals surface area contributed by atoms with E-state index in [-0.39, 0.29) is 6.10 Å². The highest BCUT2D eigenvalue weighted by Gasteiger charge is 2.44. The molecule has 2 rings (SSSR count). The fraction of sp³-hybridized carbons (Fsp3) is 1.00. The maximum absolute atomic E-state index is 6.39. The van der Waals surface area contributed by atoms with Crippen molar-refractivity contribution in [3.05, 3.63) is 0 Å². The van der Waals surface area contributed by atoms with Crippen molar-refractivity contribution in [1.82, 2.24) is 5.32 Å². The predicted octanol–water partition coefficient (Wildman–Crippen LogP) is 3.37. The van der Waals surface area contributed by atoms with Gasteiger partial charge in [-0.1, -0.05) is 27.7 Å². The summed E-state index contributed by atoms with van der Waals surface area (Å²) < 4.78 is 12.4. The summed E-state index contributed by atoms with van der Waals surface area (Å²) in [6.07, 6.45) is 7.05. The van der Waals surface area contributed by atoms with Crippen LogP contribution in [0.4, 0.5) is 0 Å². The molecule has 2 fully saturated rings. The third kappa shape index (κ3) is 4.19. The van der Waals surface area contributed by atoms with Gasteiger partial charge in [0.15, 0.2) is 0 Å². The van der Waals surface area contributed by atoms with E-state index in [1.807, 2.05) is 0 Å². The molecule has 2 saturated carbocycles. The number of hydrogen-bond donors (Lipinski definition) is 1. The quantitative estimate of drug-likeness (QED) is 0.777. The molecule has 0 spiro atoms. The summed E-state index contributed by atoms with van der Waals surface area (Å²) in [5, 5.41) is 3.52. The van der Waals surface area contributed by atoms with E-state index in [4.69, 9.17) is 9.47 Å². The van der Waals surface area contributed by atoms with Crippen molar-refractivity contribution in [1.29, 1.82) is 0 Å². The average Bonchev–Trinajstić information content (AvgIpc) is 2.36. The lowest BCUT2D eigenvalue weighted by atomic mass is 9.80. The van der Waals surface area contributed by atoms with Crippen LogP contribution in [0.25, 0.3) is 0 Å². The topological polar surface area (TPSA) is 30.5 Å². The first-order valence-electron chi connectivity index (χ1n) is 8.64. The summed E-state index contributed by atoms with van der Waals surface area (Å²) in [7, 11) is 0. The lowest BCUT2D eigenvalue weighted by molar-refractivity contribution is -0.177. The molecule has 2 aliphatic rings. The van der Waals surface area contributed by atoms with E-state index >= 15 is 0 Å². The van der Waals surface area contributed by atoms with E-state index in [0.29, 0.717) is 18.2 Å². The molecule has 3 nitrogen and oxygen atoms in total. The van der Waals surface area contributed by atoms with Crippen LogP contribution in [0.15, 0.2) is 0 Å². The normalized spacial score (nSPS) is 41.4. The van der Waals surface area contributed by atoms with Gasteiger partial charge in [0.25, 0.3) is 0 Å². The van der Waals surface area contributed by atoms with Gasteiger partial charge in [0, 0.05) is 12.6 Å². The Kier molecular flexibility index (Phi) is 6.31. The summed E-state index contributed by atoms with van der Waals surface area (Å²) in [4.78, 5) is 0. The zero-order chi connectivity index (χ0) is 14.5. The Morgan fingerprint density at radius 2 is 1.70 bits per heavy atom. The first kappa shape index (κ1) is 16.3. The molecule has 0 amide bonds. The van der Waals surface area contributed by atoms with Gasteiger partial charge in [0.2, 0.25) is 0 Å². The fourth-order valence-corrected chi connectivity index (χ4v) is 3.89. The highest BCUT2D eigenvalue weighted by atomic mass is 16.6. The van der Waals surface area contributed by atoms with Crippen LogP contribution in [-0.4, -0.2) is 37.5 Å². The summed E-state index contributed by atoms with van der Waals surface area (Å²) in [5.74, 6) is 1.62. The summed E-state index contributed by atoms with van der Waals surface area (Å²) in [6.45, 7) is 10.9. The molecule has 2 aliphatic carbocycles. The average molecular weight is 283 g/mol. The molecule has 0 aliphatic heterocycles. The van der Waals surface area contributed by atoms with Crippen molar-refractivity contribution in [2.24, 2.45) is 11.8 Å². The largest absolute Gasteiger partial charge is 0.374 e. The molecule has 0 aromatic heterocycles. The lowest BCUT2D eigenvalue weighted by Gasteiger charge is -2.46. The molecule has 20 heavy (non-hydrogen) atoms. The van der Waals surface area contributed by atoms with Crippen LogP contribution in [-0.2, 0) is 9.47 Å². The van der Waals surface area contributed by atoms with Gasteiger partial charge >= 0.3 is 0 Å². The predicted molar refractivity (Wildman–Crippen MR) is 83.0 cm³/mol. The molecular weight excluding hydrogens is 250 g/mol. The van der Waals surface area contributed by atoms with Crippen molar-refractivity contribution >= 4 is 0 Å². The molecule has 0 aromatic rings. The minimum absolute atomic E-state index is 0.266. The highest BCUT2D eigenvalue weighted by Crippen LogP contribution is 2.35. The second kappa shape index (κ2) is 7.77. The van der Waals surface area contributed by atoms with E-state index in [9.17, 15) is 0 Å². The highest BCUT2D eigenvalue weighted by molar-refractivity contribution is 4.98. The van der Waals surface area contributed by atoms with E-state index in [1.54, 1.807) is 0 Å². The molecule has 1 N–H and O–H groups in total. The fourth-order valence-electron chi connectivity index (χ4n) is 3.89. The summed E-state index contributed by atoms with van der Waals surface area (Å²) >= 11 is 0. The van der Waals surface area contributed by atoms with Crippen molar-refractivity contribution < 1.29 is 9.47 Å². The van der Waals surface area contributed by atoms with Crippen molar-refractivity contribution in [2.45, 2.75) is 84.2 Å². The Hall–Kier alpha value is -0.120. The Bertz CT molecular complexity index is 274. The van der Waals surface area contributed by atoms with Gasteiger partial charge in [0.1, 0.15) is 0 Å². The standard InChI is InChI=1S/C17H33NO2/c1-5-7-19-17-15(18-6-2)11-16(17)20-14-9-12(3)8-13(4)10-14/h12-18H,5-11H2,1-4H3. The monoisotopic (exact) mass is 283 g/mol. The molecular formula is C17H33NO2. The number of likely N-dealkylation sites (N-methyl/N-ethyl adjacent to an activating group) is 1. The van der Waals surface area contributed by atoms with Gasteiger partial charge < -0.3 is 14.8 Å². The van der Waals surface area contributed by atoms with Crippen molar-refractivity contribution in [3.63, 3.8) is 0 Å². The van der Waals surface area contributed by atoms with Crippen LogP contribution in [0, 0.1) is 11.8 Å². The first-order valence-corrected chi connectivity index (χ1v) is 8.64. The summed E-state index contributed by atoms with van der Waals surface area (Å²) in [5.41, 5.74) is 0. The first-order chi connectivity index (χ1) is 9.63. The third-order valence-corrected chi connectivity index (χ3v) is 4.73. The molecule has 5 unspecified atom stereocenters. The maximum Gasteiger partial charge on any atom is 0.0990 e. The van der Waals surface area contributed by atoms with E-state index in [0.717, 1.165) is 37.8 Å². The Labute approximate surface area is 124 Å². The van der Waals surface area contributed by atoms with Crippen LogP contribution >= 0.6 is 0 Å². The van der Waals surface area contributed by atoms with Gasteiger partial charge in [-0.3, -0.25) is 0 Å². The summed E-state index contributed by atoms with van der Waals surface area (Å²) in [6, 6.07) is 0.495. The Morgan fingerprint density at radius 3 is 2.30 bits per heavy atom. The molecule has 3 heteroatoms. The molecule has 0 aromatic carbocycles. The zero-order valence-corrected chi connectivity index (χ0v) is 13.7. The van der Waals surface area contributed by atoms with Gasteiger partial charge in [-0.2, -0.15) is 0 Å². The van der Waals surface area contributed by atoms with E-state index in [1.165, 1.54) is 19.3 Å². The number of hydrogen-bond acceptors (Lipinski definition) is 3. The Balaban J connectivity index is 1.81. The minimum Gasteiger partial charge on any atom is -0.374 e. The van der Waals surface area contributed by atoms with Gasteiger partial charge in [-0.25, -0.2) is 0 Å². The third-order valence-electron chi connectivity index (χ3n) is 4.73. The SMILES string of the molecule is CCCOC1C(NCC)CC1OC1CC(C)CC(C)C1. The van der Waals surface area contributed by atoms with Crippen molar-refractivity contribution in [2.75, 3.05) is 13.2 Å². The number of rotatable bonds is 7. The van der Waals surface area contributed by atoms with Gasteiger partial charge in [-0.15, -0.1) is 0 Å². The van der Waals surface area contributed by atoms with Crippen molar-refractivity contribution in [3.8, 4) is 0 Å². The number of ether oxygens (including phenoxy) is 2. The number of nitrogens with one attached hydrogen (secondary N) is 1. The lowest BCUT2D eigenvalue weighted by Crippen LogP contribution is -2.61. The zero-order valence-electron chi connectivity index (χ0n) is 13.7. The van der Waals surface area contributed by atoms with Gasteiger partial charge in [0.05, 0.1) is 18.3 Å². The van der Waals surface area contributed by atoms with E-state index in [2.05, 4.69) is 33.0 Å². The van der Waals surface area contributed by atoms with Crippen LogP contribution < -0.4 is 5.32 Å². The molecule has 0 saturated heterocycles. The Morgan fingerprint density at radius 1 is 1.00 bits per heavy atom. The van der Waals surface area contributed by atoms with E-state index < -0.39 is 0 Å². The van der Waals surface area contributed by atoms with Crippen LogP contribution in [0.1, 0.15) is 59.8 Å². The molecule has 5 atom stereocenters. The molecule has 0 bridgehead atoms. The van der Waals surface area contributed by atoms with Crippen LogP contribution in [0.3, 0.4) is 0 Å². The smallest absolute Gasteiger partial charge is 0.0990 e. The van der Waals surface area contributed by atoms with Crippen LogP contribution in [0.5, 0.6) is 0 Å². The molecule has 0 radical (unpaired) electrons. The molecule has 118 valence electrons. The second-order valence-electron chi connectivity index (χ2n) is 6.95.